The van der Waals surface area contributed by atoms with Crippen molar-refractivity contribution in [1.82, 2.24) is 0 Å². The maximum absolute atomic E-state index is 11.0. The van der Waals surface area contributed by atoms with E-state index in [0.29, 0.717) is 11.7 Å². The molecule has 0 bridgehead atoms. The lowest BCUT2D eigenvalue weighted by molar-refractivity contribution is -0.384. The molecule has 0 fully saturated rings. The fourth-order valence-electron chi connectivity index (χ4n) is 1.97. The molecule has 0 amide bonds. The zero-order chi connectivity index (χ0) is 13.5. The summed E-state index contributed by atoms with van der Waals surface area (Å²) in [6, 6.07) is 5.51. The fourth-order valence-corrected chi connectivity index (χ4v) is 1.97. The third-order valence-electron chi connectivity index (χ3n) is 3.11. The van der Waals surface area contributed by atoms with E-state index in [1.165, 1.54) is 0 Å². The molecular weight excluding hydrogens is 228 g/mol. The van der Waals surface area contributed by atoms with Crippen LogP contribution in [0.25, 0.3) is 0 Å². The molecule has 0 radical (unpaired) electrons. The van der Waals surface area contributed by atoms with Gasteiger partial charge in [-0.1, -0.05) is 32.8 Å². The molecule has 0 aliphatic heterocycles. The maximum atomic E-state index is 11.0. The standard InChI is InChI=1S/C14H22N2O2/c1-4-6-7-12(5-2)15-13-10-11(3)8-9-14(13)16(17)18/h8-10,12,15H,4-7H2,1-3H3. The number of nitrogens with zero attached hydrogens (tertiary/aromatic N) is 1. The lowest BCUT2D eigenvalue weighted by atomic mass is 10.1. The lowest BCUT2D eigenvalue weighted by Gasteiger charge is -2.18. The van der Waals surface area contributed by atoms with E-state index in [4.69, 9.17) is 0 Å². The van der Waals surface area contributed by atoms with Gasteiger partial charge in [-0.05, 0) is 31.4 Å². The van der Waals surface area contributed by atoms with Crippen LogP contribution in [-0.2, 0) is 0 Å². The second kappa shape index (κ2) is 6.99. The number of nitro groups is 1. The molecule has 4 heteroatoms. The topological polar surface area (TPSA) is 55.2 Å². The first-order chi connectivity index (χ1) is 8.58. The fraction of sp³-hybridized carbons (Fsp3) is 0.571. The van der Waals surface area contributed by atoms with Crippen LogP contribution in [0.15, 0.2) is 18.2 Å². The zero-order valence-corrected chi connectivity index (χ0v) is 11.4. The molecule has 18 heavy (non-hydrogen) atoms. The minimum absolute atomic E-state index is 0.163. The lowest BCUT2D eigenvalue weighted by Crippen LogP contribution is -2.19. The summed E-state index contributed by atoms with van der Waals surface area (Å²) in [7, 11) is 0. The number of unbranched alkanes of at least 4 members (excludes halogenated alkanes) is 1. The number of hydrogen-bond acceptors (Lipinski definition) is 3. The first-order valence-corrected chi connectivity index (χ1v) is 6.60. The van der Waals surface area contributed by atoms with Gasteiger partial charge in [0, 0.05) is 12.1 Å². The Balaban J connectivity index is 2.86. The summed E-state index contributed by atoms with van der Waals surface area (Å²) >= 11 is 0. The summed E-state index contributed by atoms with van der Waals surface area (Å²) in [6.07, 6.45) is 4.32. The van der Waals surface area contributed by atoms with Crippen LogP contribution in [0.2, 0.25) is 0 Å². The molecule has 0 aliphatic rings. The molecule has 0 saturated heterocycles. The van der Waals surface area contributed by atoms with E-state index in [2.05, 4.69) is 19.2 Å². The van der Waals surface area contributed by atoms with Crippen molar-refractivity contribution in [3.05, 3.63) is 33.9 Å². The summed E-state index contributed by atoms with van der Waals surface area (Å²) < 4.78 is 0. The van der Waals surface area contributed by atoms with Gasteiger partial charge in [-0.3, -0.25) is 10.1 Å². The summed E-state index contributed by atoms with van der Waals surface area (Å²) in [5, 5.41) is 14.3. The molecule has 4 nitrogen and oxygen atoms in total. The summed E-state index contributed by atoms with van der Waals surface area (Å²) in [5.74, 6) is 0. The second-order valence-corrected chi connectivity index (χ2v) is 4.67. The highest BCUT2D eigenvalue weighted by Gasteiger charge is 2.16. The van der Waals surface area contributed by atoms with Crippen LogP contribution in [-0.4, -0.2) is 11.0 Å². The molecule has 0 aromatic heterocycles. The first kappa shape index (κ1) is 14.5. The van der Waals surface area contributed by atoms with Crippen LogP contribution in [0, 0.1) is 17.0 Å². The predicted molar refractivity (Wildman–Crippen MR) is 75.1 cm³/mol. The van der Waals surface area contributed by atoms with E-state index in [1.807, 2.05) is 13.0 Å². The third-order valence-corrected chi connectivity index (χ3v) is 3.11. The molecule has 0 spiro atoms. The maximum Gasteiger partial charge on any atom is 0.292 e. The highest BCUT2D eigenvalue weighted by Crippen LogP contribution is 2.27. The Bertz CT molecular complexity index is 405. The number of rotatable bonds is 7. The highest BCUT2D eigenvalue weighted by atomic mass is 16.6. The number of aryl methyl sites for hydroxylation is 1. The molecule has 1 aromatic rings. The summed E-state index contributed by atoms with van der Waals surface area (Å²) in [6.45, 7) is 6.21. The van der Waals surface area contributed by atoms with Gasteiger partial charge < -0.3 is 5.32 Å². The number of hydrogen-bond donors (Lipinski definition) is 1. The molecule has 0 heterocycles. The Labute approximate surface area is 109 Å². The molecule has 1 atom stereocenters. The number of anilines is 1. The SMILES string of the molecule is CCCCC(CC)Nc1cc(C)ccc1[N+](=O)[O-]. The monoisotopic (exact) mass is 250 g/mol. The van der Waals surface area contributed by atoms with Crippen molar-refractivity contribution in [3.63, 3.8) is 0 Å². The van der Waals surface area contributed by atoms with Crippen molar-refractivity contribution < 1.29 is 4.92 Å². The Morgan fingerprint density at radius 1 is 1.39 bits per heavy atom. The van der Waals surface area contributed by atoms with Crippen molar-refractivity contribution in [2.75, 3.05) is 5.32 Å². The largest absolute Gasteiger partial charge is 0.377 e. The van der Waals surface area contributed by atoms with Gasteiger partial charge >= 0.3 is 0 Å². The molecule has 0 aliphatic carbocycles. The molecule has 1 rings (SSSR count). The average Bonchev–Trinajstić information content (AvgIpc) is 2.34. The Morgan fingerprint density at radius 2 is 2.11 bits per heavy atom. The first-order valence-electron chi connectivity index (χ1n) is 6.60. The zero-order valence-electron chi connectivity index (χ0n) is 11.4. The van der Waals surface area contributed by atoms with Gasteiger partial charge in [0.1, 0.15) is 5.69 Å². The molecule has 100 valence electrons. The Morgan fingerprint density at radius 3 is 2.67 bits per heavy atom. The predicted octanol–water partition coefficient (Wildman–Crippen LogP) is 4.28. The minimum Gasteiger partial charge on any atom is -0.377 e. The van der Waals surface area contributed by atoms with Gasteiger partial charge in [-0.25, -0.2) is 0 Å². The molecule has 1 N–H and O–H groups in total. The number of benzene rings is 1. The Hall–Kier alpha value is -1.58. The molecule has 0 saturated carbocycles. The van der Waals surface area contributed by atoms with Crippen LogP contribution >= 0.6 is 0 Å². The van der Waals surface area contributed by atoms with Gasteiger partial charge in [-0.15, -0.1) is 0 Å². The molecular formula is C14H22N2O2. The number of nitrogens with one attached hydrogen (secondary N) is 1. The van der Waals surface area contributed by atoms with Gasteiger partial charge in [0.25, 0.3) is 5.69 Å². The van der Waals surface area contributed by atoms with Crippen molar-refractivity contribution in [2.45, 2.75) is 52.5 Å². The minimum atomic E-state index is -0.325. The van der Waals surface area contributed by atoms with E-state index in [9.17, 15) is 10.1 Å². The van der Waals surface area contributed by atoms with Crippen molar-refractivity contribution in [2.24, 2.45) is 0 Å². The van der Waals surface area contributed by atoms with E-state index in [1.54, 1.807) is 12.1 Å². The van der Waals surface area contributed by atoms with Crippen molar-refractivity contribution >= 4 is 11.4 Å². The molecule has 1 unspecified atom stereocenters. The number of nitro benzene ring substituents is 1. The average molecular weight is 250 g/mol. The second-order valence-electron chi connectivity index (χ2n) is 4.67. The van der Waals surface area contributed by atoms with Crippen molar-refractivity contribution in [1.29, 1.82) is 0 Å². The quantitative estimate of drug-likeness (QED) is 0.580. The van der Waals surface area contributed by atoms with E-state index < -0.39 is 0 Å². The summed E-state index contributed by atoms with van der Waals surface area (Å²) in [5.41, 5.74) is 1.84. The normalized spacial score (nSPS) is 12.2. The van der Waals surface area contributed by atoms with Gasteiger partial charge in [-0.2, -0.15) is 0 Å². The third kappa shape index (κ3) is 4.02. The van der Waals surface area contributed by atoms with Crippen molar-refractivity contribution in [3.8, 4) is 0 Å². The van der Waals surface area contributed by atoms with E-state index in [-0.39, 0.29) is 10.6 Å². The van der Waals surface area contributed by atoms with Crippen LogP contribution in [0.3, 0.4) is 0 Å². The van der Waals surface area contributed by atoms with E-state index in [0.717, 1.165) is 31.2 Å². The summed E-state index contributed by atoms with van der Waals surface area (Å²) in [4.78, 5) is 10.7. The van der Waals surface area contributed by atoms with E-state index >= 15 is 0 Å². The smallest absolute Gasteiger partial charge is 0.292 e. The van der Waals surface area contributed by atoms with Gasteiger partial charge in [0.2, 0.25) is 0 Å². The van der Waals surface area contributed by atoms with Gasteiger partial charge in [0.05, 0.1) is 4.92 Å². The van der Waals surface area contributed by atoms with Crippen LogP contribution in [0.5, 0.6) is 0 Å². The van der Waals surface area contributed by atoms with Crippen LogP contribution in [0.1, 0.15) is 45.1 Å². The molecule has 1 aromatic carbocycles. The highest BCUT2D eigenvalue weighted by molar-refractivity contribution is 5.63. The Kier molecular flexibility index (Phi) is 5.62. The van der Waals surface area contributed by atoms with Crippen LogP contribution in [0.4, 0.5) is 11.4 Å². The van der Waals surface area contributed by atoms with Gasteiger partial charge in [0.15, 0.2) is 0 Å². The van der Waals surface area contributed by atoms with Crippen LogP contribution < -0.4 is 5.32 Å².